The Morgan fingerprint density at radius 3 is 2.75 bits per heavy atom. The Hall–Kier alpha value is -1.56. The van der Waals surface area contributed by atoms with Crippen LogP contribution in [-0.2, 0) is 0 Å². The van der Waals surface area contributed by atoms with Gasteiger partial charge in [0.2, 0.25) is 5.16 Å². The molecule has 0 aliphatic carbocycles. The zero-order chi connectivity index (χ0) is 11.4. The summed E-state index contributed by atoms with van der Waals surface area (Å²) < 4.78 is 1.67. The van der Waals surface area contributed by atoms with Crippen molar-refractivity contribution >= 4 is 11.8 Å². The number of benzene rings is 1. The highest BCUT2D eigenvalue weighted by molar-refractivity contribution is 7.99. The van der Waals surface area contributed by atoms with Crippen molar-refractivity contribution in [1.82, 2.24) is 20.2 Å². The van der Waals surface area contributed by atoms with Crippen LogP contribution in [0.4, 0.5) is 0 Å². The number of nitrogens with zero attached hydrogens (tertiary/aromatic N) is 4. The SMILES string of the molecule is CCCSc1nnnn1-c1ccc(O)cc1. The standard InChI is InChI=1S/C10H12N4OS/c1-2-7-16-10-11-12-13-14(10)8-3-5-9(15)6-4-8/h3-6,15H,2,7H2,1H3. The van der Waals surface area contributed by atoms with E-state index in [0.29, 0.717) is 0 Å². The lowest BCUT2D eigenvalue weighted by Gasteiger charge is -2.03. The van der Waals surface area contributed by atoms with Gasteiger partial charge in [0.15, 0.2) is 0 Å². The lowest BCUT2D eigenvalue weighted by Crippen LogP contribution is -1.98. The predicted octanol–water partition coefficient (Wildman–Crippen LogP) is 1.87. The predicted molar refractivity (Wildman–Crippen MR) is 61.8 cm³/mol. The maximum Gasteiger partial charge on any atom is 0.214 e. The Bertz CT molecular complexity index is 454. The summed E-state index contributed by atoms with van der Waals surface area (Å²) in [5, 5.41) is 21.5. The molecule has 0 bridgehead atoms. The summed E-state index contributed by atoms with van der Waals surface area (Å²) in [5.74, 6) is 1.22. The lowest BCUT2D eigenvalue weighted by atomic mass is 10.3. The number of tetrazole rings is 1. The number of aromatic hydroxyl groups is 1. The number of hydrogen-bond donors (Lipinski definition) is 1. The van der Waals surface area contributed by atoms with Gasteiger partial charge in [-0.25, -0.2) is 0 Å². The van der Waals surface area contributed by atoms with Gasteiger partial charge in [-0.2, -0.15) is 4.68 Å². The van der Waals surface area contributed by atoms with Gasteiger partial charge in [0.1, 0.15) is 5.75 Å². The smallest absolute Gasteiger partial charge is 0.214 e. The minimum absolute atomic E-state index is 0.236. The Balaban J connectivity index is 2.26. The second-order valence-corrected chi connectivity index (χ2v) is 4.30. The number of hydrogen-bond acceptors (Lipinski definition) is 5. The molecule has 1 aromatic carbocycles. The molecular weight excluding hydrogens is 224 g/mol. The van der Waals surface area contributed by atoms with Gasteiger partial charge in [0, 0.05) is 5.75 Å². The molecule has 0 aliphatic rings. The molecule has 0 aliphatic heterocycles. The van der Waals surface area contributed by atoms with Crippen molar-refractivity contribution in [1.29, 1.82) is 0 Å². The molecule has 0 radical (unpaired) electrons. The molecule has 0 saturated carbocycles. The second kappa shape index (κ2) is 4.98. The van der Waals surface area contributed by atoms with Gasteiger partial charge >= 0.3 is 0 Å². The summed E-state index contributed by atoms with van der Waals surface area (Å²) in [4.78, 5) is 0. The first kappa shape index (κ1) is 10.9. The van der Waals surface area contributed by atoms with Crippen LogP contribution in [0.15, 0.2) is 29.4 Å². The van der Waals surface area contributed by atoms with Crippen LogP contribution in [0.3, 0.4) is 0 Å². The topological polar surface area (TPSA) is 63.8 Å². The maximum absolute atomic E-state index is 9.20. The third-order valence-corrected chi connectivity index (χ3v) is 3.10. The van der Waals surface area contributed by atoms with E-state index >= 15 is 0 Å². The summed E-state index contributed by atoms with van der Waals surface area (Å²) in [5.41, 5.74) is 0.849. The summed E-state index contributed by atoms with van der Waals surface area (Å²) >= 11 is 1.62. The van der Waals surface area contributed by atoms with Crippen molar-refractivity contribution in [2.75, 3.05) is 5.75 Å². The van der Waals surface area contributed by atoms with Crippen LogP contribution in [0, 0.1) is 0 Å². The highest BCUT2D eigenvalue weighted by atomic mass is 32.2. The summed E-state index contributed by atoms with van der Waals surface area (Å²) in [6, 6.07) is 6.79. The fraction of sp³-hybridized carbons (Fsp3) is 0.300. The third kappa shape index (κ3) is 2.33. The summed E-state index contributed by atoms with van der Waals surface area (Å²) in [6.45, 7) is 2.11. The van der Waals surface area contributed by atoms with Crippen LogP contribution < -0.4 is 0 Å². The van der Waals surface area contributed by atoms with Gasteiger partial charge in [0.05, 0.1) is 5.69 Å². The Labute approximate surface area is 97.5 Å². The molecule has 0 atom stereocenters. The number of rotatable bonds is 4. The summed E-state index contributed by atoms with van der Waals surface area (Å²) in [6.07, 6.45) is 1.08. The molecule has 16 heavy (non-hydrogen) atoms. The monoisotopic (exact) mass is 236 g/mol. The molecule has 1 heterocycles. The van der Waals surface area contributed by atoms with Crippen molar-refractivity contribution in [3.8, 4) is 11.4 Å². The molecule has 0 amide bonds. The first-order valence-corrected chi connectivity index (χ1v) is 6.00. The van der Waals surface area contributed by atoms with E-state index in [4.69, 9.17) is 0 Å². The molecule has 1 aromatic heterocycles. The molecule has 2 rings (SSSR count). The first-order chi connectivity index (χ1) is 7.81. The number of phenols is 1. The molecule has 84 valence electrons. The second-order valence-electron chi connectivity index (χ2n) is 3.24. The molecule has 1 N–H and O–H groups in total. The van der Waals surface area contributed by atoms with Gasteiger partial charge in [-0.1, -0.05) is 18.7 Å². The van der Waals surface area contributed by atoms with Gasteiger partial charge < -0.3 is 5.11 Å². The largest absolute Gasteiger partial charge is 0.508 e. The van der Waals surface area contributed by atoms with E-state index in [1.165, 1.54) is 0 Å². The maximum atomic E-state index is 9.20. The molecule has 2 aromatic rings. The zero-order valence-corrected chi connectivity index (χ0v) is 9.68. The van der Waals surface area contributed by atoms with Gasteiger partial charge in [-0.15, -0.1) is 5.10 Å². The molecule has 0 saturated heterocycles. The normalized spacial score (nSPS) is 10.6. The van der Waals surface area contributed by atoms with Crippen molar-refractivity contribution < 1.29 is 5.11 Å². The Morgan fingerprint density at radius 2 is 2.06 bits per heavy atom. The van der Waals surface area contributed by atoms with E-state index in [9.17, 15) is 5.11 Å². The zero-order valence-electron chi connectivity index (χ0n) is 8.87. The number of phenolic OH excluding ortho intramolecular Hbond substituents is 1. The van der Waals surface area contributed by atoms with E-state index in [1.54, 1.807) is 40.7 Å². The third-order valence-electron chi connectivity index (χ3n) is 1.97. The van der Waals surface area contributed by atoms with Crippen LogP contribution in [0.25, 0.3) is 5.69 Å². The fourth-order valence-corrected chi connectivity index (χ4v) is 1.96. The van der Waals surface area contributed by atoms with Gasteiger partial charge in [-0.3, -0.25) is 0 Å². The minimum atomic E-state index is 0.236. The molecule has 6 heteroatoms. The van der Waals surface area contributed by atoms with E-state index in [2.05, 4.69) is 22.4 Å². The minimum Gasteiger partial charge on any atom is -0.508 e. The Kier molecular flexibility index (Phi) is 3.40. The molecule has 0 fully saturated rings. The fourth-order valence-electron chi connectivity index (χ4n) is 1.22. The van der Waals surface area contributed by atoms with Gasteiger partial charge in [-0.05, 0) is 41.1 Å². The number of thioether (sulfide) groups is 1. The van der Waals surface area contributed by atoms with Crippen molar-refractivity contribution in [2.45, 2.75) is 18.5 Å². The molecule has 0 unspecified atom stereocenters. The molecule has 5 nitrogen and oxygen atoms in total. The van der Waals surface area contributed by atoms with Crippen molar-refractivity contribution in [2.24, 2.45) is 0 Å². The molecular formula is C10H12N4OS. The molecule has 0 spiro atoms. The van der Waals surface area contributed by atoms with Crippen molar-refractivity contribution in [3.05, 3.63) is 24.3 Å². The van der Waals surface area contributed by atoms with E-state index in [-0.39, 0.29) is 5.75 Å². The van der Waals surface area contributed by atoms with E-state index in [1.807, 2.05) is 0 Å². The number of aromatic nitrogens is 4. The van der Waals surface area contributed by atoms with Gasteiger partial charge in [0.25, 0.3) is 0 Å². The Morgan fingerprint density at radius 1 is 1.31 bits per heavy atom. The average Bonchev–Trinajstić information content (AvgIpc) is 2.75. The van der Waals surface area contributed by atoms with Crippen LogP contribution in [0.2, 0.25) is 0 Å². The van der Waals surface area contributed by atoms with Crippen LogP contribution in [0.1, 0.15) is 13.3 Å². The van der Waals surface area contributed by atoms with Crippen LogP contribution >= 0.6 is 11.8 Å². The highest BCUT2D eigenvalue weighted by Crippen LogP contribution is 2.20. The average molecular weight is 236 g/mol. The quantitative estimate of drug-likeness (QED) is 0.821. The lowest BCUT2D eigenvalue weighted by molar-refractivity contribution is 0.475. The van der Waals surface area contributed by atoms with Crippen molar-refractivity contribution in [3.63, 3.8) is 0 Å². The van der Waals surface area contributed by atoms with Crippen LogP contribution in [0.5, 0.6) is 5.75 Å². The van der Waals surface area contributed by atoms with E-state index in [0.717, 1.165) is 23.0 Å². The van der Waals surface area contributed by atoms with Crippen LogP contribution in [-0.4, -0.2) is 31.1 Å². The van der Waals surface area contributed by atoms with E-state index < -0.39 is 0 Å². The summed E-state index contributed by atoms with van der Waals surface area (Å²) in [7, 11) is 0. The first-order valence-electron chi connectivity index (χ1n) is 5.02. The highest BCUT2D eigenvalue weighted by Gasteiger charge is 2.07.